The average Bonchev–Trinajstić information content (AvgIpc) is 2.33. The molecule has 0 saturated carbocycles. The molecule has 0 fully saturated rings. The van der Waals surface area contributed by atoms with Gasteiger partial charge >= 0.3 is 29.6 Å². The van der Waals surface area contributed by atoms with Crippen molar-refractivity contribution in [1.82, 2.24) is 0 Å². The standard InChI is InChI=1S/C15H32O4S.Na/c1-3-11-15(20(17,18)19)13-10-8-6-4-5-7-9-12-14(2)16;/h14-16H,3-13H2,1-2H3,(H,17,18,19);/q;+1/p-1. The number of unbranched alkanes of at least 4 members (excludes halogenated alkanes) is 6. The van der Waals surface area contributed by atoms with Gasteiger partial charge in [-0.05, 0) is 26.2 Å². The summed E-state index contributed by atoms with van der Waals surface area (Å²) in [5.74, 6) is 0. The van der Waals surface area contributed by atoms with Crippen molar-refractivity contribution in [3.63, 3.8) is 0 Å². The van der Waals surface area contributed by atoms with Gasteiger partial charge in [-0.2, -0.15) is 0 Å². The fourth-order valence-electron chi connectivity index (χ4n) is 2.45. The molecule has 0 rings (SSSR count). The number of aliphatic hydroxyl groups excluding tert-OH is 1. The second-order valence-electron chi connectivity index (χ2n) is 5.80. The van der Waals surface area contributed by atoms with Crippen LogP contribution < -0.4 is 29.6 Å². The van der Waals surface area contributed by atoms with E-state index < -0.39 is 15.4 Å². The molecule has 0 aliphatic carbocycles. The quantitative estimate of drug-likeness (QED) is 0.305. The Labute approximate surface area is 153 Å². The van der Waals surface area contributed by atoms with Crippen molar-refractivity contribution in [3.05, 3.63) is 0 Å². The molecule has 21 heavy (non-hydrogen) atoms. The Bertz CT molecular complexity index is 318. The van der Waals surface area contributed by atoms with Gasteiger partial charge in [-0.3, -0.25) is 0 Å². The molecule has 0 aromatic heterocycles. The number of aliphatic hydroxyl groups is 1. The summed E-state index contributed by atoms with van der Waals surface area (Å²) in [5.41, 5.74) is 0. The van der Waals surface area contributed by atoms with Crippen molar-refractivity contribution in [2.45, 2.75) is 95.8 Å². The molecule has 0 aliphatic heterocycles. The SMILES string of the molecule is CCCC(CCCCCCCCCC(C)O)S(=O)(=O)[O-].[Na+]. The van der Waals surface area contributed by atoms with E-state index in [0.29, 0.717) is 12.8 Å². The van der Waals surface area contributed by atoms with Crippen LogP contribution in [0.4, 0.5) is 0 Å². The first kappa shape index (κ1) is 24.1. The predicted molar refractivity (Wildman–Crippen MR) is 81.6 cm³/mol. The van der Waals surface area contributed by atoms with E-state index in [-0.39, 0.29) is 35.7 Å². The average molecular weight is 330 g/mol. The van der Waals surface area contributed by atoms with E-state index in [1.807, 2.05) is 13.8 Å². The van der Waals surface area contributed by atoms with Gasteiger partial charge in [0.05, 0.1) is 16.2 Å². The Morgan fingerprint density at radius 3 is 1.71 bits per heavy atom. The fourth-order valence-corrected chi connectivity index (χ4v) is 3.43. The molecule has 0 bridgehead atoms. The first-order valence-electron chi connectivity index (χ1n) is 8.00. The fraction of sp³-hybridized carbons (Fsp3) is 1.00. The summed E-state index contributed by atoms with van der Waals surface area (Å²) in [6.45, 7) is 3.72. The van der Waals surface area contributed by atoms with E-state index in [9.17, 15) is 13.0 Å². The molecule has 0 aromatic rings. The smallest absolute Gasteiger partial charge is 0.748 e. The van der Waals surface area contributed by atoms with Crippen LogP contribution in [0.25, 0.3) is 0 Å². The monoisotopic (exact) mass is 330 g/mol. The number of rotatable bonds is 13. The third-order valence-electron chi connectivity index (χ3n) is 3.67. The van der Waals surface area contributed by atoms with Crippen LogP contribution in [0.3, 0.4) is 0 Å². The van der Waals surface area contributed by atoms with Crippen molar-refractivity contribution in [3.8, 4) is 0 Å². The van der Waals surface area contributed by atoms with Gasteiger partial charge in [-0.15, -0.1) is 0 Å². The van der Waals surface area contributed by atoms with Gasteiger partial charge in [-0.1, -0.05) is 58.3 Å². The summed E-state index contributed by atoms with van der Waals surface area (Å²) in [4.78, 5) is 0. The Hall–Kier alpha value is 0.870. The normalized spacial score (nSPS) is 14.5. The third kappa shape index (κ3) is 15.5. The van der Waals surface area contributed by atoms with Gasteiger partial charge in [-0.25, -0.2) is 8.42 Å². The molecule has 0 radical (unpaired) electrons. The maximum absolute atomic E-state index is 11.0. The van der Waals surface area contributed by atoms with Crippen molar-refractivity contribution >= 4 is 10.1 Å². The van der Waals surface area contributed by atoms with Crippen LogP contribution in [0.1, 0.15) is 84.5 Å². The molecule has 122 valence electrons. The van der Waals surface area contributed by atoms with Crippen LogP contribution >= 0.6 is 0 Å². The second-order valence-corrected chi connectivity index (χ2v) is 7.46. The molecule has 0 aromatic carbocycles. The molecule has 2 atom stereocenters. The molecule has 0 heterocycles. The largest absolute Gasteiger partial charge is 1.00 e. The first-order chi connectivity index (χ1) is 9.38. The van der Waals surface area contributed by atoms with E-state index in [4.69, 9.17) is 5.11 Å². The Morgan fingerprint density at radius 1 is 0.905 bits per heavy atom. The molecular formula is C15H31NaO4S. The number of hydrogen-bond acceptors (Lipinski definition) is 4. The Morgan fingerprint density at radius 2 is 1.33 bits per heavy atom. The zero-order chi connectivity index (χ0) is 15.4. The van der Waals surface area contributed by atoms with Gasteiger partial charge in [0.25, 0.3) is 0 Å². The van der Waals surface area contributed by atoms with E-state index >= 15 is 0 Å². The van der Waals surface area contributed by atoms with Gasteiger partial charge in [0.15, 0.2) is 0 Å². The van der Waals surface area contributed by atoms with E-state index in [0.717, 1.165) is 51.4 Å². The molecule has 0 spiro atoms. The van der Waals surface area contributed by atoms with Crippen molar-refractivity contribution in [2.24, 2.45) is 0 Å². The van der Waals surface area contributed by atoms with E-state index in [1.54, 1.807) is 0 Å². The van der Waals surface area contributed by atoms with Gasteiger partial charge in [0, 0.05) is 5.25 Å². The molecule has 6 heteroatoms. The molecule has 1 N–H and O–H groups in total. The van der Waals surface area contributed by atoms with Crippen molar-refractivity contribution < 1.29 is 47.6 Å². The third-order valence-corrected chi connectivity index (χ3v) is 4.95. The molecule has 2 unspecified atom stereocenters. The Kier molecular flexibility index (Phi) is 16.6. The minimum Gasteiger partial charge on any atom is -0.748 e. The topological polar surface area (TPSA) is 77.4 Å². The summed E-state index contributed by atoms with van der Waals surface area (Å²) in [5, 5.41) is 8.43. The zero-order valence-corrected chi connectivity index (χ0v) is 16.8. The van der Waals surface area contributed by atoms with Crippen LogP contribution in [0.15, 0.2) is 0 Å². The Balaban J connectivity index is 0. The maximum atomic E-state index is 11.0. The van der Waals surface area contributed by atoms with Crippen molar-refractivity contribution in [1.29, 1.82) is 0 Å². The first-order valence-corrected chi connectivity index (χ1v) is 9.47. The molecule has 4 nitrogen and oxygen atoms in total. The van der Waals surface area contributed by atoms with Crippen LogP contribution in [0.2, 0.25) is 0 Å². The summed E-state index contributed by atoms with van der Waals surface area (Å²) >= 11 is 0. The van der Waals surface area contributed by atoms with E-state index in [1.165, 1.54) is 6.42 Å². The zero-order valence-electron chi connectivity index (χ0n) is 14.0. The second kappa shape index (κ2) is 14.5. The van der Waals surface area contributed by atoms with Gasteiger partial charge in [0.1, 0.15) is 0 Å². The minimum atomic E-state index is -4.11. The summed E-state index contributed by atoms with van der Waals surface area (Å²) in [7, 11) is -4.11. The molecule has 0 saturated heterocycles. The molecular weight excluding hydrogens is 299 g/mol. The summed E-state index contributed by atoms with van der Waals surface area (Å²) in [6.07, 6.45) is 9.93. The molecule has 0 amide bonds. The van der Waals surface area contributed by atoms with Crippen LogP contribution in [0.5, 0.6) is 0 Å². The van der Waals surface area contributed by atoms with E-state index in [2.05, 4.69) is 0 Å². The van der Waals surface area contributed by atoms with Gasteiger partial charge in [0.2, 0.25) is 0 Å². The number of hydrogen-bond donors (Lipinski definition) is 1. The molecule has 0 aliphatic rings. The van der Waals surface area contributed by atoms with Crippen molar-refractivity contribution in [2.75, 3.05) is 0 Å². The van der Waals surface area contributed by atoms with Gasteiger partial charge < -0.3 is 9.66 Å². The summed E-state index contributed by atoms with van der Waals surface area (Å²) < 4.78 is 33.1. The predicted octanol–water partition coefficient (Wildman–Crippen LogP) is 0.596. The van der Waals surface area contributed by atoms with Crippen LogP contribution in [-0.4, -0.2) is 29.4 Å². The maximum Gasteiger partial charge on any atom is 1.00 e. The summed E-state index contributed by atoms with van der Waals surface area (Å²) in [6, 6.07) is 0. The van der Waals surface area contributed by atoms with Crippen LogP contribution in [0, 0.1) is 0 Å². The van der Waals surface area contributed by atoms with Crippen LogP contribution in [-0.2, 0) is 10.1 Å². The minimum absolute atomic E-state index is 0.